The van der Waals surface area contributed by atoms with Crippen molar-refractivity contribution in [3.05, 3.63) is 10.1 Å². The molecule has 0 saturated heterocycles. The zero-order valence-corrected chi connectivity index (χ0v) is 7.71. The van der Waals surface area contributed by atoms with Gasteiger partial charge in [0, 0.05) is 0 Å². The average molecular weight is 201 g/mol. The maximum atomic E-state index is 4.12. The monoisotopic (exact) mass is 202 g/mol. The third-order valence-electron chi connectivity index (χ3n) is 2.04. The topological polar surface area (TPSA) is 25.8 Å². The van der Waals surface area contributed by atoms with E-state index in [1.54, 1.807) is 4.44 Å². The fourth-order valence-electron chi connectivity index (χ4n) is 1.37. The predicted molar refractivity (Wildman–Crippen MR) is 40.2 cm³/mol. The standard InChI is InChI=1S/C7H10N2Se/c1-5-2-3-6-7(4-5)10-9-8-6/h5H,2-4H2,1H3. The minimum atomic E-state index is 0.379. The van der Waals surface area contributed by atoms with Crippen molar-refractivity contribution in [2.75, 3.05) is 0 Å². The van der Waals surface area contributed by atoms with Gasteiger partial charge >= 0.3 is 66.2 Å². The van der Waals surface area contributed by atoms with Crippen molar-refractivity contribution in [3.63, 3.8) is 0 Å². The van der Waals surface area contributed by atoms with Crippen LogP contribution in [0.1, 0.15) is 23.5 Å². The summed E-state index contributed by atoms with van der Waals surface area (Å²) in [5.41, 5.74) is 1.32. The van der Waals surface area contributed by atoms with Crippen LogP contribution in [0.4, 0.5) is 0 Å². The average Bonchev–Trinajstić information content (AvgIpc) is 2.33. The number of aromatic nitrogens is 2. The number of aryl methyl sites for hydroxylation is 1. The Hall–Kier alpha value is -0.141. The Labute approximate surface area is 66.6 Å². The summed E-state index contributed by atoms with van der Waals surface area (Å²) in [5.74, 6) is 0.879. The third-order valence-corrected chi connectivity index (χ3v) is 3.69. The second kappa shape index (κ2) is 2.48. The van der Waals surface area contributed by atoms with Gasteiger partial charge in [0.05, 0.1) is 0 Å². The SMILES string of the molecule is CC1CCc2nn[se]c2C1. The van der Waals surface area contributed by atoms with Crippen molar-refractivity contribution in [3.8, 4) is 0 Å². The summed E-state index contributed by atoms with van der Waals surface area (Å²) in [6.45, 7) is 2.32. The van der Waals surface area contributed by atoms with Gasteiger partial charge in [-0.2, -0.15) is 0 Å². The number of hydrogen-bond donors (Lipinski definition) is 0. The molecule has 0 amide bonds. The van der Waals surface area contributed by atoms with Gasteiger partial charge in [0.25, 0.3) is 0 Å². The molecule has 1 aromatic rings. The van der Waals surface area contributed by atoms with Crippen LogP contribution in [-0.2, 0) is 12.8 Å². The Morgan fingerprint density at radius 1 is 1.60 bits per heavy atom. The van der Waals surface area contributed by atoms with E-state index in [1.165, 1.54) is 25.0 Å². The molecule has 0 spiro atoms. The van der Waals surface area contributed by atoms with Gasteiger partial charge < -0.3 is 0 Å². The summed E-state index contributed by atoms with van der Waals surface area (Å²) in [6, 6.07) is 0. The number of hydrogen-bond acceptors (Lipinski definition) is 2. The molecule has 10 heavy (non-hydrogen) atoms. The van der Waals surface area contributed by atoms with Crippen LogP contribution in [0.2, 0.25) is 0 Å². The van der Waals surface area contributed by atoms with E-state index in [4.69, 9.17) is 0 Å². The van der Waals surface area contributed by atoms with Gasteiger partial charge in [-0.25, -0.2) is 0 Å². The van der Waals surface area contributed by atoms with Gasteiger partial charge in [-0.3, -0.25) is 0 Å². The van der Waals surface area contributed by atoms with E-state index in [1.807, 2.05) is 0 Å². The molecule has 2 nitrogen and oxygen atoms in total. The molecule has 0 aliphatic heterocycles. The van der Waals surface area contributed by atoms with E-state index >= 15 is 0 Å². The zero-order chi connectivity index (χ0) is 6.97. The first-order valence-corrected chi connectivity index (χ1v) is 5.28. The Morgan fingerprint density at radius 3 is 3.40 bits per heavy atom. The van der Waals surface area contributed by atoms with Crippen molar-refractivity contribution in [2.45, 2.75) is 26.2 Å². The van der Waals surface area contributed by atoms with Crippen LogP contribution < -0.4 is 0 Å². The molecule has 0 fully saturated rings. The number of nitrogens with zero attached hydrogens (tertiary/aromatic N) is 2. The Balaban J connectivity index is 2.30. The fourth-order valence-corrected chi connectivity index (χ4v) is 3.15. The van der Waals surface area contributed by atoms with Gasteiger partial charge in [0.2, 0.25) is 0 Å². The molecule has 3 heteroatoms. The molecule has 1 heterocycles. The van der Waals surface area contributed by atoms with Crippen LogP contribution in [0.25, 0.3) is 0 Å². The first-order chi connectivity index (χ1) is 4.86. The Bertz CT molecular complexity index is 231. The second-order valence-electron chi connectivity index (χ2n) is 2.99. The van der Waals surface area contributed by atoms with Crippen molar-refractivity contribution < 1.29 is 0 Å². The van der Waals surface area contributed by atoms with Crippen LogP contribution in [0, 0.1) is 5.92 Å². The molecule has 1 aromatic heterocycles. The van der Waals surface area contributed by atoms with Crippen LogP contribution >= 0.6 is 0 Å². The number of rotatable bonds is 0. The van der Waals surface area contributed by atoms with Gasteiger partial charge in [0.1, 0.15) is 0 Å². The molecule has 1 aliphatic carbocycles. The van der Waals surface area contributed by atoms with E-state index in [0.29, 0.717) is 14.7 Å². The van der Waals surface area contributed by atoms with Crippen molar-refractivity contribution in [1.29, 1.82) is 0 Å². The molecule has 1 aliphatic rings. The van der Waals surface area contributed by atoms with E-state index in [9.17, 15) is 0 Å². The van der Waals surface area contributed by atoms with Crippen LogP contribution in [0.5, 0.6) is 0 Å². The molecule has 54 valence electrons. The third kappa shape index (κ3) is 1.04. The zero-order valence-electron chi connectivity index (χ0n) is 6.00. The first kappa shape index (κ1) is 6.56. The summed E-state index contributed by atoms with van der Waals surface area (Å²) in [4.78, 5) is 0. The molecule has 0 radical (unpaired) electrons. The van der Waals surface area contributed by atoms with Crippen LogP contribution in [0.3, 0.4) is 0 Å². The van der Waals surface area contributed by atoms with Gasteiger partial charge in [-0.1, -0.05) is 0 Å². The van der Waals surface area contributed by atoms with Crippen molar-refractivity contribution in [2.24, 2.45) is 5.92 Å². The molecule has 0 bridgehead atoms. The first-order valence-electron chi connectivity index (χ1n) is 3.66. The molecule has 0 aromatic carbocycles. The van der Waals surface area contributed by atoms with Gasteiger partial charge in [0.15, 0.2) is 0 Å². The van der Waals surface area contributed by atoms with Crippen molar-refractivity contribution in [1.82, 2.24) is 9.19 Å². The summed E-state index contributed by atoms with van der Waals surface area (Å²) >= 11 is 0.379. The second-order valence-corrected chi connectivity index (χ2v) is 4.75. The minimum absolute atomic E-state index is 0.379. The van der Waals surface area contributed by atoms with E-state index < -0.39 is 0 Å². The predicted octanol–water partition coefficient (Wildman–Crippen LogP) is 0.658. The van der Waals surface area contributed by atoms with E-state index in [0.717, 1.165) is 5.92 Å². The fraction of sp³-hybridized carbons (Fsp3) is 0.714. The summed E-state index contributed by atoms with van der Waals surface area (Å²) in [6.07, 6.45) is 3.76. The summed E-state index contributed by atoms with van der Waals surface area (Å²) in [7, 11) is 0. The summed E-state index contributed by atoms with van der Waals surface area (Å²) in [5, 5.41) is 4.12. The van der Waals surface area contributed by atoms with Crippen LogP contribution in [-0.4, -0.2) is 23.9 Å². The molecule has 2 rings (SSSR count). The number of fused-ring (bicyclic) bond motifs is 1. The molecule has 0 N–H and O–H groups in total. The van der Waals surface area contributed by atoms with E-state index in [2.05, 4.69) is 16.1 Å². The maximum absolute atomic E-state index is 4.12. The normalized spacial score (nSPS) is 24.3. The quantitative estimate of drug-likeness (QED) is 0.576. The molecular weight excluding hydrogens is 191 g/mol. The Kier molecular flexibility index (Phi) is 1.63. The molecule has 1 unspecified atom stereocenters. The van der Waals surface area contributed by atoms with Crippen molar-refractivity contribution >= 4 is 14.7 Å². The van der Waals surface area contributed by atoms with Gasteiger partial charge in [-0.15, -0.1) is 0 Å². The summed E-state index contributed by atoms with van der Waals surface area (Å²) < 4.78 is 5.64. The molecule has 1 atom stereocenters. The Morgan fingerprint density at radius 2 is 2.50 bits per heavy atom. The molecule has 0 saturated carbocycles. The molecular formula is C7H10N2Se. The van der Waals surface area contributed by atoms with Gasteiger partial charge in [-0.05, 0) is 0 Å². The van der Waals surface area contributed by atoms with E-state index in [-0.39, 0.29) is 0 Å². The van der Waals surface area contributed by atoms with Crippen LogP contribution in [0.15, 0.2) is 0 Å².